The summed E-state index contributed by atoms with van der Waals surface area (Å²) in [5.74, 6) is 0.844. The number of rotatable bonds is 4. The van der Waals surface area contributed by atoms with Crippen LogP contribution in [0.5, 0.6) is 0 Å². The minimum atomic E-state index is -0.491. The first-order valence-electron chi connectivity index (χ1n) is 9.63. The Kier molecular flexibility index (Phi) is 4.12. The van der Waals surface area contributed by atoms with E-state index in [4.69, 9.17) is 0 Å². The van der Waals surface area contributed by atoms with E-state index in [1.54, 1.807) is 11.0 Å². The summed E-state index contributed by atoms with van der Waals surface area (Å²) in [6.45, 7) is 1.47. The third-order valence-corrected chi connectivity index (χ3v) is 5.86. The third kappa shape index (κ3) is 2.97. The first kappa shape index (κ1) is 17.5. The van der Waals surface area contributed by atoms with Crippen LogP contribution in [0.1, 0.15) is 18.4 Å². The predicted octanol–water partition coefficient (Wildman–Crippen LogP) is 2.49. The number of aromatic nitrogens is 6. The van der Waals surface area contributed by atoms with Gasteiger partial charge in [0.1, 0.15) is 18.1 Å². The Morgan fingerprint density at radius 3 is 2.76 bits per heavy atom. The highest BCUT2D eigenvalue weighted by Gasteiger charge is 2.37. The second-order valence-corrected chi connectivity index (χ2v) is 7.54. The van der Waals surface area contributed by atoms with E-state index in [0.717, 1.165) is 60.2 Å². The monoisotopic (exact) mass is 387 g/mol. The maximum absolute atomic E-state index is 12.3. The van der Waals surface area contributed by atoms with Crippen molar-refractivity contribution in [3.8, 4) is 11.1 Å². The number of imidazole rings is 1. The Morgan fingerprint density at radius 2 is 2.00 bits per heavy atom. The van der Waals surface area contributed by atoms with Crippen molar-refractivity contribution in [2.24, 2.45) is 7.05 Å². The van der Waals surface area contributed by atoms with E-state index in [9.17, 15) is 4.79 Å². The second kappa shape index (κ2) is 6.80. The minimum absolute atomic E-state index is 0.491. The summed E-state index contributed by atoms with van der Waals surface area (Å²) in [6.07, 6.45) is 9.59. The van der Waals surface area contributed by atoms with Gasteiger partial charge in [-0.25, -0.2) is 15.0 Å². The molecule has 1 aliphatic rings. The number of anilines is 1. The molecule has 5 rings (SSSR count). The van der Waals surface area contributed by atoms with Crippen molar-refractivity contribution >= 4 is 23.3 Å². The number of aromatic amines is 1. The number of hydrogen-bond acceptors (Lipinski definition) is 6. The summed E-state index contributed by atoms with van der Waals surface area (Å²) in [5.41, 5.74) is 4.19. The van der Waals surface area contributed by atoms with Crippen molar-refractivity contribution in [1.29, 1.82) is 0 Å². The van der Waals surface area contributed by atoms with Crippen molar-refractivity contribution in [3.63, 3.8) is 0 Å². The normalized spacial score (nSPS) is 16.2. The van der Waals surface area contributed by atoms with Gasteiger partial charge in [0.2, 0.25) is 0 Å². The van der Waals surface area contributed by atoms with Gasteiger partial charge >= 0.3 is 0 Å². The van der Waals surface area contributed by atoms with E-state index in [1.165, 1.54) is 6.33 Å². The molecule has 3 aromatic heterocycles. The maximum Gasteiger partial charge on any atom is 0.182 e. The zero-order valence-electron chi connectivity index (χ0n) is 16.1. The van der Waals surface area contributed by atoms with Crippen molar-refractivity contribution in [2.75, 3.05) is 18.0 Å². The molecule has 0 amide bonds. The number of nitrogens with zero attached hydrogens (tertiary/aromatic N) is 6. The molecule has 0 spiro atoms. The van der Waals surface area contributed by atoms with E-state index < -0.39 is 5.41 Å². The molecule has 8 heteroatoms. The molecule has 4 heterocycles. The number of H-pyrrole nitrogens is 1. The first-order valence-corrected chi connectivity index (χ1v) is 9.63. The van der Waals surface area contributed by atoms with E-state index in [-0.39, 0.29) is 0 Å². The number of benzene rings is 1. The molecular formula is C21H21N7O. The van der Waals surface area contributed by atoms with Gasteiger partial charge in [-0.3, -0.25) is 4.68 Å². The molecule has 1 aromatic carbocycles. The van der Waals surface area contributed by atoms with Crippen LogP contribution >= 0.6 is 0 Å². The van der Waals surface area contributed by atoms with Crippen LogP contribution in [-0.4, -0.2) is 49.1 Å². The number of nitrogens with one attached hydrogen (secondary N) is 1. The fourth-order valence-electron chi connectivity index (χ4n) is 4.16. The van der Waals surface area contributed by atoms with Crippen LogP contribution in [0.25, 0.3) is 22.3 Å². The molecule has 1 N–H and O–H groups in total. The first-order chi connectivity index (χ1) is 14.2. The second-order valence-electron chi connectivity index (χ2n) is 7.54. The lowest BCUT2D eigenvalue weighted by Crippen LogP contribution is -2.44. The molecule has 1 fully saturated rings. The van der Waals surface area contributed by atoms with Gasteiger partial charge < -0.3 is 14.7 Å². The van der Waals surface area contributed by atoms with Crippen LogP contribution in [0.2, 0.25) is 0 Å². The summed E-state index contributed by atoms with van der Waals surface area (Å²) >= 11 is 0. The number of aryl methyl sites for hydroxylation is 1. The Bertz CT molecular complexity index is 1170. The van der Waals surface area contributed by atoms with Crippen LogP contribution < -0.4 is 4.90 Å². The van der Waals surface area contributed by atoms with Gasteiger partial charge in [-0.2, -0.15) is 5.10 Å². The van der Waals surface area contributed by atoms with E-state index >= 15 is 0 Å². The number of hydrogen-bond donors (Lipinski definition) is 1. The fourth-order valence-corrected chi connectivity index (χ4v) is 4.16. The molecule has 1 aliphatic heterocycles. The molecule has 0 radical (unpaired) electrons. The highest BCUT2D eigenvalue weighted by molar-refractivity contribution is 5.83. The number of aldehydes is 1. The maximum atomic E-state index is 12.3. The molecular weight excluding hydrogens is 366 g/mol. The topological polar surface area (TPSA) is 92.6 Å². The van der Waals surface area contributed by atoms with Crippen LogP contribution in [-0.2, 0) is 17.3 Å². The highest BCUT2D eigenvalue weighted by Crippen LogP contribution is 2.37. The molecule has 146 valence electrons. The van der Waals surface area contributed by atoms with Crippen LogP contribution in [0, 0.1) is 0 Å². The zero-order valence-corrected chi connectivity index (χ0v) is 16.1. The molecule has 0 saturated carbocycles. The van der Waals surface area contributed by atoms with Crippen LogP contribution in [0.15, 0.2) is 49.3 Å². The fraction of sp³-hybridized carbons (Fsp3) is 0.286. The SMILES string of the molecule is Cn1cc(-c2cccc(C3(C=O)CCN(c4ncnc5nc[nH]c45)CC3)c2)cn1. The van der Waals surface area contributed by atoms with Crippen LogP contribution in [0.4, 0.5) is 5.82 Å². The number of carbonyl (C=O) groups excluding carboxylic acids is 1. The molecule has 4 aromatic rings. The summed E-state index contributed by atoms with van der Waals surface area (Å²) < 4.78 is 1.79. The summed E-state index contributed by atoms with van der Waals surface area (Å²) in [7, 11) is 1.90. The average molecular weight is 387 g/mol. The molecule has 29 heavy (non-hydrogen) atoms. The van der Waals surface area contributed by atoms with Gasteiger partial charge in [-0.15, -0.1) is 0 Å². The van der Waals surface area contributed by atoms with Crippen molar-refractivity contribution in [3.05, 3.63) is 54.9 Å². The smallest absolute Gasteiger partial charge is 0.182 e. The highest BCUT2D eigenvalue weighted by atomic mass is 16.1. The number of piperidine rings is 1. The van der Waals surface area contributed by atoms with Crippen molar-refractivity contribution in [1.82, 2.24) is 29.7 Å². The largest absolute Gasteiger partial charge is 0.355 e. The van der Waals surface area contributed by atoms with Gasteiger partial charge in [0.15, 0.2) is 11.5 Å². The minimum Gasteiger partial charge on any atom is -0.355 e. The van der Waals surface area contributed by atoms with Crippen molar-refractivity contribution < 1.29 is 4.79 Å². The number of carbonyl (C=O) groups is 1. The lowest BCUT2D eigenvalue weighted by Gasteiger charge is -2.39. The lowest BCUT2D eigenvalue weighted by molar-refractivity contribution is -0.113. The number of fused-ring (bicyclic) bond motifs is 1. The Morgan fingerprint density at radius 1 is 1.14 bits per heavy atom. The van der Waals surface area contributed by atoms with E-state index in [2.05, 4.69) is 48.1 Å². The predicted molar refractivity (Wildman–Crippen MR) is 110 cm³/mol. The third-order valence-electron chi connectivity index (χ3n) is 5.86. The lowest BCUT2D eigenvalue weighted by atomic mass is 9.73. The molecule has 0 bridgehead atoms. The van der Waals surface area contributed by atoms with E-state index in [0.29, 0.717) is 5.65 Å². The Balaban J connectivity index is 1.43. The average Bonchev–Trinajstić information content (AvgIpc) is 3.43. The molecule has 1 saturated heterocycles. The summed E-state index contributed by atoms with van der Waals surface area (Å²) in [4.78, 5) is 30.4. The Labute approximate surface area is 167 Å². The molecule has 0 atom stereocenters. The van der Waals surface area contributed by atoms with Crippen molar-refractivity contribution in [2.45, 2.75) is 18.3 Å². The van der Waals surface area contributed by atoms with Gasteiger partial charge in [-0.05, 0) is 24.0 Å². The molecule has 0 aliphatic carbocycles. The van der Waals surface area contributed by atoms with E-state index in [1.807, 2.05) is 25.5 Å². The van der Waals surface area contributed by atoms with Gasteiger partial charge in [-0.1, -0.05) is 24.3 Å². The van der Waals surface area contributed by atoms with Gasteiger partial charge in [0.25, 0.3) is 0 Å². The van der Waals surface area contributed by atoms with Gasteiger partial charge in [0, 0.05) is 31.9 Å². The Hall–Kier alpha value is -3.55. The summed E-state index contributed by atoms with van der Waals surface area (Å²) in [5, 5.41) is 4.26. The molecule has 8 nitrogen and oxygen atoms in total. The van der Waals surface area contributed by atoms with Gasteiger partial charge in [0.05, 0.1) is 17.9 Å². The zero-order chi connectivity index (χ0) is 19.8. The quantitative estimate of drug-likeness (QED) is 0.541. The summed E-state index contributed by atoms with van der Waals surface area (Å²) in [6, 6.07) is 8.26. The standard InChI is InChI=1S/C21H21N7O/c1-27-11-16(10-26-27)15-3-2-4-17(9-15)21(12-29)5-7-28(8-6-21)20-18-19(23-13-22-18)24-14-25-20/h2-4,9-14H,5-8H2,1H3,(H,22,23,24,25). The molecule has 0 unspecified atom stereocenters. The van der Waals surface area contributed by atoms with Crippen LogP contribution in [0.3, 0.4) is 0 Å².